The number of pyridine rings is 1. The number of nitrogens with zero attached hydrogens (tertiary/aromatic N) is 2. The number of anilines is 1. The molecule has 0 aliphatic carbocycles. The minimum Gasteiger partial charge on any atom is -0.507 e. The third-order valence-electron chi connectivity index (χ3n) is 5.09. The molecule has 1 saturated heterocycles. The van der Waals surface area contributed by atoms with Gasteiger partial charge in [0.05, 0.1) is 28.6 Å². The topological polar surface area (TPSA) is 79.7 Å². The summed E-state index contributed by atoms with van der Waals surface area (Å²) in [6.45, 7) is 2.07. The van der Waals surface area contributed by atoms with Crippen LogP contribution < -0.4 is 9.64 Å². The van der Waals surface area contributed by atoms with Crippen LogP contribution in [0.15, 0.2) is 66.4 Å². The normalized spacial score (nSPS) is 17.5. The summed E-state index contributed by atoms with van der Waals surface area (Å²) in [5, 5.41) is 11.4. The van der Waals surface area contributed by atoms with E-state index in [4.69, 9.17) is 16.3 Å². The molecule has 2 heterocycles. The van der Waals surface area contributed by atoms with Gasteiger partial charge in [0.1, 0.15) is 29.2 Å². The van der Waals surface area contributed by atoms with E-state index in [2.05, 4.69) is 4.98 Å². The van der Waals surface area contributed by atoms with Gasteiger partial charge in [0.2, 0.25) is 0 Å². The molecule has 0 saturated carbocycles. The van der Waals surface area contributed by atoms with Crippen LogP contribution >= 0.6 is 11.6 Å². The van der Waals surface area contributed by atoms with Crippen LogP contribution in [-0.2, 0) is 9.59 Å². The molecule has 1 unspecified atom stereocenters. The second kappa shape index (κ2) is 8.99. The average Bonchev–Trinajstić information content (AvgIpc) is 3.06. The number of halogens is 3. The Morgan fingerprint density at radius 1 is 1.15 bits per heavy atom. The molecule has 1 amide bonds. The summed E-state index contributed by atoms with van der Waals surface area (Å²) in [7, 11) is 0. The summed E-state index contributed by atoms with van der Waals surface area (Å²) >= 11 is 6.11. The van der Waals surface area contributed by atoms with Crippen molar-refractivity contribution in [3.05, 3.63) is 94.3 Å². The molecule has 2 aromatic carbocycles. The van der Waals surface area contributed by atoms with Crippen molar-refractivity contribution in [2.45, 2.75) is 13.0 Å². The Morgan fingerprint density at radius 3 is 2.61 bits per heavy atom. The Balaban J connectivity index is 1.94. The zero-order chi connectivity index (χ0) is 23.7. The number of benzene rings is 2. The second-order valence-electron chi connectivity index (χ2n) is 7.10. The lowest BCUT2D eigenvalue weighted by Gasteiger charge is -2.25. The number of ether oxygens (including phenoxy) is 1. The number of aliphatic hydroxyl groups is 1. The van der Waals surface area contributed by atoms with E-state index < -0.39 is 35.1 Å². The lowest BCUT2D eigenvalue weighted by molar-refractivity contribution is -0.132. The summed E-state index contributed by atoms with van der Waals surface area (Å²) in [5.74, 6) is -4.24. The maximum absolute atomic E-state index is 14.6. The van der Waals surface area contributed by atoms with Crippen LogP contribution in [0.2, 0.25) is 5.02 Å². The van der Waals surface area contributed by atoms with Crippen LogP contribution in [0.3, 0.4) is 0 Å². The zero-order valence-electron chi connectivity index (χ0n) is 17.3. The molecular formula is C24H17ClF2N2O4. The van der Waals surface area contributed by atoms with E-state index in [0.29, 0.717) is 17.7 Å². The van der Waals surface area contributed by atoms with E-state index in [1.165, 1.54) is 30.5 Å². The summed E-state index contributed by atoms with van der Waals surface area (Å²) in [6.07, 6.45) is 1.44. The van der Waals surface area contributed by atoms with Crippen LogP contribution in [0.1, 0.15) is 24.2 Å². The van der Waals surface area contributed by atoms with Gasteiger partial charge in [-0.15, -0.1) is 0 Å². The fraction of sp³-hybridized carbons (Fsp3) is 0.125. The molecule has 1 fully saturated rings. The number of aliphatic hydroxyl groups excluding tert-OH is 1. The van der Waals surface area contributed by atoms with Crippen LogP contribution in [0, 0.1) is 11.6 Å². The van der Waals surface area contributed by atoms with Crippen molar-refractivity contribution in [3.8, 4) is 5.75 Å². The lowest BCUT2D eigenvalue weighted by Crippen LogP contribution is -2.30. The Kier molecular flexibility index (Phi) is 6.11. The second-order valence-corrected chi connectivity index (χ2v) is 7.50. The Bertz CT molecular complexity index is 1280. The molecule has 0 bridgehead atoms. The van der Waals surface area contributed by atoms with E-state index in [1.54, 1.807) is 19.1 Å². The smallest absolute Gasteiger partial charge is 0.300 e. The van der Waals surface area contributed by atoms with Crippen molar-refractivity contribution in [1.82, 2.24) is 4.98 Å². The molecule has 9 heteroatoms. The summed E-state index contributed by atoms with van der Waals surface area (Å²) in [6, 6.07) is 10.5. The summed E-state index contributed by atoms with van der Waals surface area (Å²) in [4.78, 5) is 31.1. The first-order valence-electron chi connectivity index (χ1n) is 9.93. The zero-order valence-corrected chi connectivity index (χ0v) is 18.0. The highest BCUT2D eigenvalue weighted by Gasteiger charge is 2.48. The fourth-order valence-corrected chi connectivity index (χ4v) is 3.82. The van der Waals surface area contributed by atoms with Gasteiger partial charge in [0.15, 0.2) is 0 Å². The molecular weight excluding hydrogens is 454 g/mol. The number of carbonyl (C=O) groups is 2. The monoisotopic (exact) mass is 470 g/mol. The van der Waals surface area contributed by atoms with E-state index >= 15 is 0 Å². The number of aromatic nitrogens is 1. The number of amides is 1. The predicted molar refractivity (Wildman–Crippen MR) is 118 cm³/mol. The molecule has 1 atom stereocenters. The highest BCUT2D eigenvalue weighted by Crippen LogP contribution is 2.42. The first kappa shape index (κ1) is 22.4. The summed E-state index contributed by atoms with van der Waals surface area (Å²) < 4.78 is 33.6. The van der Waals surface area contributed by atoms with Crippen molar-refractivity contribution in [2.75, 3.05) is 11.5 Å². The van der Waals surface area contributed by atoms with Crippen molar-refractivity contribution in [1.29, 1.82) is 0 Å². The van der Waals surface area contributed by atoms with Gasteiger partial charge in [-0.2, -0.15) is 0 Å². The van der Waals surface area contributed by atoms with E-state index in [-0.39, 0.29) is 28.3 Å². The summed E-state index contributed by atoms with van der Waals surface area (Å²) in [5.41, 5.74) is -0.242. The largest absolute Gasteiger partial charge is 0.507 e. The average molecular weight is 471 g/mol. The van der Waals surface area contributed by atoms with Crippen LogP contribution in [0.25, 0.3) is 5.76 Å². The van der Waals surface area contributed by atoms with Crippen molar-refractivity contribution in [2.24, 2.45) is 0 Å². The van der Waals surface area contributed by atoms with Gasteiger partial charge in [0.25, 0.3) is 11.7 Å². The molecule has 6 nitrogen and oxygen atoms in total. The van der Waals surface area contributed by atoms with Gasteiger partial charge in [0, 0.05) is 17.8 Å². The number of carbonyl (C=O) groups excluding carboxylic acids is 2. The van der Waals surface area contributed by atoms with Gasteiger partial charge >= 0.3 is 0 Å². The molecule has 1 aliphatic heterocycles. The number of hydrogen-bond donors (Lipinski definition) is 1. The molecule has 3 aromatic rings. The van der Waals surface area contributed by atoms with Crippen LogP contribution in [-0.4, -0.2) is 28.4 Å². The van der Waals surface area contributed by atoms with Crippen LogP contribution in [0.4, 0.5) is 14.5 Å². The van der Waals surface area contributed by atoms with E-state index in [0.717, 1.165) is 17.0 Å². The first-order chi connectivity index (χ1) is 15.8. The van der Waals surface area contributed by atoms with Crippen molar-refractivity contribution in [3.63, 3.8) is 0 Å². The third-order valence-corrected chi connectivity index (χ3v) is 5.40. The molecule has 168 valence electrons. The quantitative estimate of drug-likeness (QED) is 0.321. The minimum absolute atomic E-state index is 0.168. The highest BCUT2D eigenvalue weighted by atomic mass is 35.5. The highest BCUT2D eigenvalue weighted by molar-refractivity contribution is 6.51. The van der Waals surface area contributed by atoms with Crippen molar-refractivity contribution >= 4 is 34.7 Å². The lowest BCUT2D eigenvalue weighted by atomic mass is 9.98. The molecule has 0 radical (unpaired) electrons. The maximum Gasteiger partial charge on any atom is 0.300 e. The Hall–Kier alpha value is -3.78. The molecule has 33 heavy (non-hydrogen) atoms. The van der Waals surface area contributed by atoms with Gasteiger partial charge in [-0.3, -0.25) is 19.5 Å². The van der Waals surface area contributed by atoms with E-state index in [9.17, 15) is 23.5 Å². The number of rotatable bonds is 5. The third kappa shape index (κ3) is 4.05. The first-order valence-corrected chi connectivity index (χ1v) is 10.3. The van der Waals surface area contributed by atoms with Crippen molar-refractivity contribution < 1.29 is 28.2 Å². The number of hydrogen-bond acceptors (Lipinski definition) is 5. The van der Waals surface area contributed by atoms with Gasteiger partial charge in [-0.1, -0.05) is 17.7 Å². The Morgan fingerprint density at radius 2 is 1.94 bits per heavy atom. The minimum atomic E-state index is -1.25. The van der Waals surface area contributed by atoms with Gasteiger partial charge in [-0.25, -0.2) is 8.78 Å². The van der Waals surface area contributed by atoms with Crippen LogP contribution in [0.5, 0.6) is 5.75 Å². The SMILES string of the molecule is CCOc1cc(/C(O)=C2\C(=O)C(=O)N(c3ccc(F)cc3F)C2c2ccccn2)ccc1Cl. The standard InChI is InChI=1S/C24H17ClF2N2O4/c1-2-33-19-11-13(6-8-15(19)25)22(30)20-21(17-5-3-4-10-28-17)29(24(32)23(20)31)18-9-7-14(26)12-16(18)27/h3-12,21,30H,2H2,1H3/b22-20+. The number of ketones is 1. The Labute approximate surface area is 192 Å². The van der Waals surface area contributed by atoms with Gasteiger partial charge in [-0.05, 0) is 49.4 Å². The molecule has 1 aromatic heterocycles. The molecule has 4 rings (SSSR count). The van der Waals surface area contributed by atoms with Gasteiger partial charge < -0.3 is 9.84 Å². The molecule has 1 N–H and O–H groups in total. The maximum atomic E-state index is 14.6. The molecule has 1 aliphatic rings. The fourth-order valence-electron chi connectivity index (χ4n) is 3.65. The predicted octanol–water partition coefficient (Wildman–Crippen LogP) is 5.04. The van der Waals surface area contributed by atoms with E-state index in [1.807, 2.05) is 0 Å². The molecule has 0 spiro atoms. The number of Topliss-reactive ketones (excluding diaryl/α,β-unsaturated/α-hetero) is 1.